The fourth-order valence-electron chi connectivity index (χ4n) is 1.53. The number of nitrogens with one attached hydrogen (secondary N) is 3. The zero-order valence-electron chi connectivity index (χ0n) is 13.1. The van der Waals surface area contributed by atoms with E-state index in [0.717, 1.165) is 6.42 Å². The number of carbonyl (C=O) groups excluding carboxylic acids is 2. The Bertz CT molecular complexity index is 347. The minimum Gasteiger partial charge on any atom is -0.481 e. The number of carboxylic acid groups (broad SMARTS) is 1. The van der Waals surface area contributed by atoms with Crippen LogP contribution in [0.3, 0.4) is 0 Å². The van der Waals surface area contributed by atoms with Crippen molar-refractivity contribution in [3.8, 4) is 0 Å². The number of carboxylic acids is 1. The quantitative estimate of drug-likeness (QED) is 0.453. The fraction of sp³-hybridized carbons (Fsp3) is 0.786. The summed E-state index contributed by atoms with van der Waals surface area (Å²) < 4.78 is 0. The molecule has 7 heteroatoms. The van der Waals surface area contributed by atoms with Gasteiger partial charge in [0.25, 0.3) is 0 Å². The lowest BCUT2D eigenvalue weighted by Crippen LogP contribution is -2.39. The monoisotopic (exact) mass is 301 g/mol. The molecule has 0 aromatic carbocycles. The summed E-state index contributed by atoms with van der Waals surface area (Å²) in [6.45, 7) is 6.25. The molecule has 0 aliphatic heterocycles. The van der Waals surface area contributed by atoms with Crippen LogP contribution in [-0.4, -0.2) is 42.1 Å². The first-order valence-electron chi connectivity index (χ1n) is 7.40. The molecule has 0 aliphatic rings. The number of hydrogen-bond acceptors (Lipinski definition) is 3. The molecule has 0 heterocycles. The lowest BCUT2D eigenvalue weighted by Gasteiger charge is -2.12. The van der Waals surface area contributed by atoms with Crippen LogP contribution in [0.2, 0.25) is 0 Å². The zero-order valence-corrected chi connectivity index (χ0v) is 13.1. The van der Waals surface area contributed by atoms with E-state index < -0.39 is 11.9 Å². The maximum Gasteiger partial charge on any atom is 0.314 e. The van der Waals surface area contributed by atoms with E-state index in [1.807, 2.05) is 13.8 Å². The van der Waals surface area contributed by atoms with E-state index in [-0.39, 0.29) is 30.9 Å². The molecule has 3 amide bonds. The summed E-state index contributed by atoms with van der Waals surface area (Å²) in [7, 11) is 0. The Kier molecular flexibility index (Phi) is 10.0. The van der Waals surface area contributed by atoms with Gasteiger partial charge in [-0.3, -0.25) is 9.59 Å². The van der Waals surface area contributed by atoms with Gasteiger partial charge in [-0.1, -0.05) is 13.8 Å². The number of aliphatic carboxylic acids is 1. The third kappa shape index (κ3) is 10.6. The van der Waals surface area contributed by atoms with Crippen LogP contribution in [0.15, 0.2) is 0 Å². The van der Waals surface area contributed by atoms with Gasteiger partial charge in [-0.2, -0.15) is 0 Å². The number of carbonyl (C=O) groups is 3. The molecule has 21 heavy (non-hydrogen) atoms. The highest BCUT2D eigenvalue weighted by atomic mass is 16.4. The predicted octanol–water partition coefficient (Wildman–Crippen LogP) is 1.09. The number of hydrogen-bond donors (Lipinski definition) is 4. The van der Waals surface area contributed by atoms with Gasteiger partial charge in [0, 0.05) is 25.6 Å². The van der Waals surface area contributed by atoms with Crippen LogP contribution in [0, 0.1) is 5.92 Å². The minimum absolute atomic E-state index is 0.0834. The van der Waals surface area contributed by atoms with Gasteiger partial charge in [-0.25, -0.2) is 4.79 Å². The van der Waals surface area contributed by atoms with Gasteiger partial charge in [0.05, 0.1) is 5.92 Å². The topological polar surface area (TPSA) is 108 Å². The van der Waals surface area contributed by atoms with Gasteiger partial charge < -0.3 is 21.1 Å². The van der Waals surface area contributed by atoms with E-state index in [2.05, 4.69) is 16.0 Å². The summed E-state index contributed by atoms with van der Waals surface area (Å²) in [6, 6.07) is -0.197. The van der Waals surface area contributed by atoms with Crippen LogP contribution in [-0.2, 0) is 9.59 Å². The molecule has 4 N–H and O–H groups in total. The number of amides is 3. The molecule has 0 bridgehead atoms. The highest BCUT2D eigenvalue weighted by molar-refractivity contribution is 5.78. The second-order valence-electron chi connectivity index (χ2n) is 5.19. The Labute approximate surface area is 125 Å². The van der Waals surface area contributed by atoms with Crippen LogP contribution < -0.4 is 16.0 Å². The summed E-state index contributed by atoms with van der Waals surface area (Å²) >= 11 is 0. The summed E-state index contributed by atoms with van der Waals surface area (Å²) in [4.78, 5) is 33.5. The van der Waals surface area contributed by atoms with Gasteiger partial charge >= 0.3 is 12.0 Å². The predicted molar refractivity (Wildman–Crippen MR) is 79.9 cm³/mol. The van der Waals surface area contributed by atoms with Crippen molar-refractivity contribution >= 4 is 17.9 Å². The molecule has 0 saturated carbocycles. The van der Waals surface area contributed by atoms with Gasteiger partial charge in [0.2, 0.25) is 5.91 Å². The molecule has 0 saturated heterocycles. The maximum absolute atomic E-state index is 11.5. The van der Waals surface area contributed by atoms with Crippen LogP contribution in [0.5, 0.6) is 0 Å². The first kappa shape index (κ1) is 19.2. The zero-order chi connectivity index (χ0) is 16.3. The van der Waals surface area contributed by atoms with Crippen LogP contribution >= 0.6 is 0 Å². The van der Waals surface area contributed by atoms with E-state index >= 15 is 0 Å². The first-order valence-corrected chi connectivity index (χ1v) is 7.40. The van der Waals surface area contributed by atoms with Gasteiger partial charge in [-0.05, 0) is 26.2 Å². The molecule has 0 aromatic rings. The second-order valence-corrected chi connectivity index (χ2v) is 5.19. The summed E-state index contributed by atoms with van der Waals surface area (Å²) in [6.07, 6.45) is 2.24. The standard InChI is InChI=1S/C14H27N3O4/c1-4-11(3)17-12(18)7-9-16-14(21)15-8-5-6-10(2)13(19)20/h10-11H,4-9H2,1-3H3,(H,17,18)(H,19,20)(H2,15,16,21). The SMILES string of the molecule is CCC(C)NC(=O)CCNC(=O)NCCCC(C)C(=O)O. The van der Waals surface area contributed by atoms with E-state index in [1.165, 1.54) is 0 Å². The molecule has 0 aromatic heterocycles. The average Bonchev–Trinajstić information content (AvgIpc) is 2.42. The molecule has 0 fully saturated rings. The lowest BCUT2D eigenvalue weighted by atomic mass is 10.1. The van der Waals surface area contributed by atoms with Crippen LogP contribution in [0.4, 0.5) is 4.79 Å². The molecule has 7 nitrogen and oxygen atoms in total. The largest absolute Gasteiger partial charge is 0.481 e. The highest BCUT2D eigenvalue weighted by Crippen LogP contribution is 2.03. The molecular weight excluding hydrogens is 274 g/mol. The third-order valence-electron chi connectivity index (χ3n) is 3.18. The van der Waals surface area contributed by atoms with Crippen molar-refractivity contribution in [3.05, 3.63) is 0 Å². The van der Waals surface area contributed by atoms with E-state index in [4.69, 9.17) is 5.11 Å². The average molecular weight is 301 g/mol. The molecule has 2 unspecified atom stereocenters. The van der Waals surface area contributed by atoms with Crippen molar-refractivity contribution in [2.75, 3.05) is 13.1 Å². The maximum atomic E-state index is 11.5. The van der Waals surface area contributed by atoms with Gasteiger partial charge in [0.1, 0.15) is 0 Å². The van der Waals surface area contributed by atoms with Crippen molar-refractivity contribution in [1.29, 1.82) is 0 Å². The van der Waals surface area contributed by atoms with E-state index in [0.29, 0.717) is 19.4 Å². The molecule has 2 atom stereocenters. The Morgan fingerprint density at radius 3 is 2.29 bits per heavy atom. The third-order valence-corrected chi connectivity index (χ3v) is 3.18. The van der Waals surface area contributed by atoms with Crippen molar-refractivity contribution in [1.82, 2.24) is 16.0 Å². The highest BCUT2D eigenvalue weighted by Gasteiger charge is 2.10. The van der Waals surface area contributed by atoms with Crippen molar-refractivity contribution in [3.63, 3.8) is 0 Å². The van der Waals surface area contributed by atoms with Crippen molar-refractivity contribution in [2.45, 2.75) is 52.5 Å². The fourth-order valence-corrected chi connectivity index (χ4v) is 1.53. The molecule has 122 valence electrons. The van der Waals surface area contributed by atoms with Gasteiger partial charge in [-0.15, -0.1) is 0 Å². The molecule has 0 rings (SSSR count). The Morgan fingerprint density at radius 2 is 1.71 bits per heavy atom. The first-order chi connectivity index (χ1) is 9.86. The number of rotatable bonds is 10. The van der Waals surface area contributed by atoms with Gasteiger partial charge in [0.15, 0.2) is 0 Å². The summed E-state index contributed by atoms with van der Waals surface area (Å²) in [5.41, 5.74) is 0. The van der Waals surface area contributed by atoms with Crippen molar-refractivity contribution in [2.24, 2.45) is 5.92 Å². The minimum atomic E-state index is -0.827. The smallest absolute Gasteiger partial charge is 0.314 e. The number of urea groups is 1. The van der Waals surface area contributed by atoms with Crippen LogP contribution in [0.25, 0.3) is 0 Å². The van der Waals surface area contributed by atoms with Crippen LogP contribution in [0.1, 0.15) is 46.5 Å². The Balaban J connectivity index is 3.59. The molecule has 0 aliphatic carbocycles. The molecule has 0 spiro atoms. The Hall–Kier alpha value is -1.79. The second kappa shape index (κ2) is 10.9. The summed E-state index contributed by atoms with van der Waals surface area (Å²) in [5, 5.41) is 16.7. The van der Waals surface area contributed by atoms with E-state index in [1.54, 1.807) is 6.92 Å². The van der Waals surface area contributed by atoms with Crippen molar-refractivity contribution < 1.29 is 19.5 Å². The molecule has 0 radical (unpaired) electrons. The lowest BCUT2D eigenvalue weighted by molar-refractivity contribution is -0.141. The normalized spacial score (nSPS) is 13.1. The van der Waals surface area contributed by atoms with E-state index in [9.17, 15) is 14.4 Å². The molecular formula is C14H27N3O4. The Morgan fingerprint density at radius 1 is 1.10 bits per heavy atom. The summed E-state index contributed by atoms with van der Waals surface area (Å²) in [5.74, 6) is -1.31.